The number of hydrogen-bond acceptors (Lipinski definition) is 8. The van der Waals surface area contributed by atoms with Crippen molar-refractivity contribution in [2.24, 2.45) is 11.8 Å². The van der Waals surface area contributed by atoms with E-state index in [9.17, 15) is 14.7 Å². The Labute approximate surface area is 262 Å². The molecule has 10 nitrogen and oxygen atoms in total. The highest BCUT2D eigenvalue weighted by Crippen LogP contribution is 2.28. The number of nitrogens with zero attached hydrogens (tertiary/aromatic N) is 4. The topological polar surface area (TPSA) is 124 Å². The molecule has 0 spiro atoms. The molecule has 0 aliphatic carbocycles. The first-order valence-corrected chi connectivity index (χ1v) is 14.5. The van der Waals surface area contributed by atoms with Gasteiger partial charge < -0.3 is 30.0 Å². The SMILES string of the molecule is CC(C)CN(C(=O)c1cnc(C(C)(C)C)nc1NCc1ccco1)[C@H]1CNC[C@@H](C(=O)N2CCC(C)(O)CC2)C1.Cl.Cl. The van der Waals surface area contributed by atoms with Crippen LogP contribution in [0.15, 0.2) is 29.0 Å². The number of likely N-dealkylation sites (tertiary alicyclic amines) is 1. The first kappa shape index (κ1) is 35.8. The van der Waals surface area contributed by atoms with Gasteiger partial charge >= 0.3 is 0 Å². The van der Waals surface area contributed by atoms with Gasteiger partial charge in [0.15, 0.2) is 0 Å². The monoisotopic (exact) mass is 626 g/mol. The molecule has 2 fully saturated rings. The second kappa shape index (κ2) is 14.9. The van der Waals surface area contributed by atoms with Crippen LogP contribution in [0, 0.1) is 11.8 Å². The molecule has 4 rings (SSSR count). The lowest BCUT2D eigenvalue weighted by Gasteiger charge is -2.41. The fraction of sp³-hybridized carbons (Fsp3) is 0.667. The quantitative estimate of drug-likeness (QED) is 0.397. The third kappa shape index (κ3) is 9.05. The number of anilines is 1. The predicted octanol–water partition coefficient (Wildman–Crippen LogP) is 4.27. The van der Waals surface area contributed by atoms with E-state index in [1.54, 1.807) is 12.5 Å². The maximum atomic E-state index is 14.2. The van der Waals surface area contributed by atoms with Gasteiger partial charge in [0, 0.05) is 50.4 Å². The van der Waals surface area contributed by atoms with Crippen LogP contribution < -0.4 is 10.6 Å². The standard InChI is InChI=1S/C30H46N6O4.2ClH/c1-20(2)19-36(22-14-21(15-31-16-22)26(37)35-11-9-30(6,39)10-12-35)27(38)24-18-33-28(29(3,4)5)34-25(24)32-17-23-8-7-13-40-23;;/h7-8,13,18,20-22,31,39H,9-12,14-17,19H2,1-6H3,(H,32,33,34);2*1H/t21-,22+;;/m0../s1. The van der Waals surface area contributed by atoms with Gasteiger partial charge in [0.05, 0.1) is 24.3 Å². The van der Waals surface area contributed by atoms with Gasteiger partial charge in [-0.25, -0.2) is 9.97 Å². The van der Waals surface area contributed by atoms with E-state index in [4.69, 9.17) is 9.40 Å². The molecule has 0 unspecified atom stereocenters. The molecule has 2 aromatic rings. The number of hydrogen-bond donors (Lipinski definition) is 3. The van der Waals surface area contributed by atoms with Crippen molar-refractivity contribution >= 4 is 42.4 Å². The number of aromatic nitrogens is 2. The van der Waals surface area contributed by atoms with E-state index in [1.807, 2.05) is 49.6 Å². The van der Waals surface area contributed by atoms with Crippen LogP contribution in [0.25, 0.3) is 0 Å². The fourth-order valence-corrected chi connectivity index (χ4v) is 5.38. The zero-order valence-corrected chi connectivity index (χ0v) is 27.3. The molecule has 3 N–H and O–H groups in total. The Morgan fingerprint density at radius 3 is 2.52 bits per heavy atom. The number of carbonyl (C=O) groups excluding carboxylic acids is 2. The van der Waals surface area contributed by atoms with Gasteiger partial charge in [-0.05, 0) is 44.2 Å². The smallest absolute Gasteiger partial charge is 0.259 e. The summed E-state index contributed by atoms with van der Waals surface area (Å²) >= 11 is 0. The summed E-state index contributed by atoms with van der Waals surface area (Å²) in [5, 5.41) is 17.0. The second-order valence-corrected chi connectivity index (χ2v) is 13.1. The van der Waals surface area contributed by atoms with Crippen LogP contribution in [0.1, 0.15) is 82.7 Å². The van der Waals surface area contributed by atoms with Gasteiger partial charge in [-0.15, -0.1) is 24.8 Å². The molecule has 2 aliphatic rings. The van der Waals surface area contributed by atoms with Gasteiger partial charge in [-0.1, -0.05) is 34.6 Å². The minimum absolute atomic E-state index is 0. The van der Waals surface area contributed by atoms with Gasteiger partial charge in [-0.2, -0.15) is 0 Å². The molecule has 12 heteroatoms. The van der Waals surface area contributed by atoms with Crippen molar-refractivity contribution in [2.75, 3.05) is 38.0 Å². The number of piperidine rings is 2. The summed E-state index contributed by atoms with van der Waals surface area (Å²) in [7, 11) is 0. The van der Waals surface area contributed by atoms with Crippen LogP contribution in [0.4, 0.5) is 5.82 Å². The molecule has 42 heavy (non-hydrogen) atoms. The number of furan rings is 1. The lowest BCUT2D eigenvalue weighted by Crippen LogP contribution is -2.56. The summed E-state index contributed by atoms with van der Waals surface area (Å²) in [5.41, 5.74) is -0.590. The van der Waals surface area contributed by atoms with Gasteiger partial charge in [0.25, 0.3) is 5.91 Å². The van der Waals surface area contributed by atoms with E-state index >= 15 is 0 Å². The third-order valence-electron chi connectivity index (χ3n) is 7.79. The van der Waals surface area contributed by atoms with Gasteiger partial charge in [0.1, 0.15) is 23.0 Å². The second-order valence-electron chi connectivity index (χ2n) is 13.1. The molecule has 2 aromatic heterocycles. The van der Waals surface area contributed by atoms with Crippen molar-refractivity contribution in [3.05, 3.63) is 41.7 Å². The molecule has 0 aromatic carbocycles. The van der Waals surface area contributed by atoms with Crippen molar-refractivity contribution in [1.29, 1.82) is 0 Å². The molecule has 2 aliphatic heterocycles. The summed E-state index contributed by atoms with van der Waals surface area (Å²) in [6.07, 6.45) is 5.00. The van der Waals surface area contributed by atoms with Crippen molar-refractivity contribution in [1.82, 2.24) is 25.1 Å². The number of carbonyl (C=O) groups is 2. The van der Waals surface area contributed by atoms with E-state index in [2.05, 4.69) is 29.5 Å². The molecular weight excluding hydrogens is 579 g/mol. The number of halogens is 2. The van der Waals surface area contributed by atoms with Crippen LogP contribution in [0.5, 0.6) is 0 Å². The maximum Gasteiger partial charge on any atom is 0.259 e. The lowest BCUT2D eigenvalue weighted by molar-refractivity contribution is -0.140. The zero-order valence-electron chi connectivity index (χ0n) is 25.7. The minimum atomic E-state index is -0.710. The maximum absolute atomic E-state index is 14.2. The van der Waals surface area contributed by atoms with Crippen LogP contribution >= 0.6 is 24.8 Å². The Kier molecular flexibility index (Phi) is 12.7. The van der Waals surface area contributed by atoms with Gasteiger partial charge in [0.2, 0.25) is 5.91 Å². The average Bonchev–Trinajstić information content (AvgIpc) is 3.43. The van der Waals surface area contributed by atoms with Crippen molar-refractivity contribution < 1.29 is 19.1 Å². The average molecular weight is 628 g/mol. The van der Waals surface area contributed by atoms with E-state index in [-0.39, 0.29) is 59.9 Å². The predicted molar refractivity (Wildman–Crippen MR) is 168 cm³/mol. The largest absolute Gasteiger partial charge is 0.467 e. The summed E-state index contributed by atoms with van der Waals surface area (Å²) < 4.78 is 5.48. The third-order valence-corrected chi connectivity index (χ3v) is 7.79. The van der Waals surface area contributed by atoms with Crippen LogP contribution in [0.3, 0.4) is 0 Å². The molecular formula is C30H48Cl2N6O4. The lowest BCUT2D eigenvalue weighted by atomic mass is 9.89. The van der Waals surface area contributed by atoms with Crippen molar-refractivity contribution in [3.63, 3.8) is 0 Å². The molecule has 2 amide bonds. The zero-order chi connectivity index (χ0) is 29.1. The Hall–Kier alpha value is -2.40. The first-order chi connectivity index (χ1) is 18.8. The highest BCUT2D eigenvalue weighted by molar-refractivity contribution is 5.98. The summed E-state index contributed by atoms with van der Waals surface area (Å²) in [6.45, 7) is 15.4. The summed E-state index contributed by atoms with van der Waals surface area (Å²) in [6, 6.07) is 3.55. The van der Waals surface area contributed by atoms with E-state index in [0.717, 1.165) is 5.76 Å². The molecule has 236 valence electrons. The molecule has 2 atom stereocenters. The molecule has 0 radical (unpaired) electrons. The van der Waals surface area contributed by atoms with E-state index in [1.165, 1.54) is 0 Å². The highest BCUT2D eigenvalue weighted by atomic mass is 35.5. The Bertz CT molecular complexity index is 1160. The summed E-state index contributed by atoms with van der Waals surface area (Å²) in [4.78, 5) is 40.8. The number of nitrogens with one attached hydrogen (secondary N) is 2. The van der Waals surface area contributed by atoms with E-state index in [0.29, 0.717) is 75.7 Å². The Morgan fingerprint density at radius 2 is 1.93 bits per heavy atom. The van der Waals surface area contributed by atoms with Gasteiger partial charge in [-0.3, -0.25) is 9.59 Å². The fourth-order valence-electron chi connectivity index (χ4n) is 5.38. The van der Waals surface area contributed by atoms with Crippen LogP contribution in [0.2, 0.25) is 0 Å². The van der Waals surface area contributed by atoms with Crippen molar-refractivity contribution in [2.45, 2.75) is 84.4 Å². The number of amides is 2. The normalized spacial score (nSPS) is 20.3. The number of aliphatic hydroxyl groups is 1. The molecule has 0 bridgehead atoms. The molecule has 2 saturated heterocycles. The van der Waals surface area contributed by atoms with E-state index < -0.39 is 5.60 Å². The Morgan fingerprint density at radius 1 is 1.24 bits per heavy atom. The minimum Gasteiger partial charge on any atom is -0.467 e. The van der Waals surface area contributed by atoms with Crippen LogP contribution in [-0.4, -0.2) is 81.1 Å². The molecule has 4 heterocycles. The van der Waals surface area contributed by atoms with Crippen LogP contribution in [-0.2, 0) is 16.8 Å². The van der Waals surface area contributed by atoms with Crippen molar-refractivity contribution in [3.8, 4) is 0 Å². The number of rotatable bonds is 8. The Balaban J connectivity index is 0.00000308. The molecule has 0 saturated carbocycles. The first-order valence-electron chi connectivity index (χ1n) is 14.5. The highest BCUT2D eigenvalue weighted by Gasteiger charge is 2.38. The summed E-state index contributed by atoms with van der Waals surface area (Å²) in [5.74, 6) is 1.83.